The van der Waals surface area contributed by atoms with Gasteiger partial charge >= 0.3 is 6.09 Å². The lowest BCUT2D eigenvalue weighted by atomic mass is 10.1. The van der Waals surface area contributed by atoms with Crippen LogP contribution in [0.25, 0.3) is 11.6 Å². The standard InChI is InChI=1S/C19H20N4O3S/c24-19(26-14-9-25-10-14)23-5-3-22(4-6-23)18-1-2-20-16-8-13(7-15(16)18)17-11-27-12-21-17/h1-2,7,11-12,14H,3-6,8-10H2. The number of hydrogen-bond acceptors (Lipinski definition) is 7. The number of allylic oxidation sites excluding steroid dienone is 1. The normalized spacial score (nSPS) is 19.5. The van der Waals surface area contributed by atoms with Crippen molar-refractivity contribution in [2.45, 2.75) is 12.5 Å². The SMILES string of the molecule is O=C(OC1COC1)N1CCN(c2ccnc3c2C=C(c2cscn2)C3)CC1. The van der Waals surface area contributed by atoms with E-state index in [2.05, 4.69) is 32.4 Å². The number of carbonyl (C=O) groups excluding carboxylic acids is 1. The first-order chi connectivity index (χ1) is 13.3. The lowest BCUT2D eigenvalue weighted by Crippen LogP contribution is -2.51. The third-order valence-electron chi connectivity index (χ3n) is 5.24. The van der Waals surface area contributed by atoms with Gasteiger partial charge < -0.3 is 19.3 Å². The quantitative estimate of drug-likeness (QED) is 0.809. The molecular weight excluding hydrogens is 364 g/mol. The van der Waals surface area contributed by atoms with Gasteiger partial charge in [-0.2, -0.15) is 0 Å². The molecule has 1 amide bonds. The fourth-order valence-electron chi connectivity index (χ4n) is 3.65. The Morgan fingerprint density at radius 3 is 2.78 bits per heavy atom. The number of fused-ring (bicyclic) bond motifs is 1. The van der Waals surface area contributed by atoms with Gasteiger partial charge in [0.1, 0.15) is 0 Å². The first-order valence-corrected chi connectivity index (χ1v) is 10.1. The van der Waals surface area contributed by atoms with Crippen LogP contribution in [-0.4, -0.2) is 66.5 Å². The zero-order valence-corrected chi connectivity index (χ0v) is 15.7. The fourth-order valence-corrected chi connectivity index (χ4v) is 4.23. The monoisotopic (exact) mass is 384 g/mol. The summed E-state index contributed by atoms with van der Waals surface area (Å²) in [7, 11) is 0. The molecule has 2 fully saturated rings. The van der Waals surface area contributed by atoms with Gasteiger partial charge in [-0.25, -0.2) is 9.78 Å². The summed E-state index contributed by atoms with van der Waals surface area (Å²) in [6, 6.07) is 2.07. The van der Waals surface area contributed by atoms with Crippen molar-refractivity contribution in [1.82, 2.24) is 14.9 Å². The molecule has 0 spiro atoms. The van der Waals surface area contributed by atoms with E-state index < -0.39 is 0 Å². The van der Waals surface area contributed by atoms with Crippen molar-refractivity contribution in [1.29, 1.82) is 0 Å². The summed E-state index contributed by atoms with van der Waals surface area (Å²) in [6.45, 7) is 3.92. The van der Waals surface area contributed by atoms with Crippen molar-refractivity contribution in [2.24, 2.45) is 0 Å². The maximum atomic E-state index is 12.2. The Bertz CT molecular complexity index is 871. The highest BCUT2D eigenvalue weighted by molar-refractivity contribution is 7.07. The number of rotatable bonds is 3. The zero-order valence-electron chi connectivity index (χ0n) is 14.8. The van der Waals surface area contributed by atoms with Gasteiger partial charge in [-0.1, -0.05) is 0 Å². The largest absolute Gasteiger partial charge is 0.441 e. The molecule has 4 heterocycles. The molecule has 2 saturated heterocycles. The number of nitrogens with zero attached hydrogens (tertiary/aromatic N) is 4. The molecule has 7 nitrogen and oxygen atoms in total. The Kier molecular flexibility index (Phi) is 4.29. The molecule has 2 aliphatic heterocycles. The first kappa shape index (κ1) is 16.7. The highest BCUT2D eigenvalue weighted by atomic mass is 32.1. The predicted molar refractivity (Wildman–Crippen MR) is 103 cm³/mol. The molecule has 0 radical (unpaired) electrons. The van der Waals surface area contributed by atoms with Crippen LogP contribution in [0.15, 0.2) is 23.2 Å². The molecule has 0 N–H and O–H groups in total. The number of aromatic nitrogens is 2. The smallest absolute Gasteiger partial charge is 0.410 e. The van der Waals surface area contributed by atoms with Gasteiger partial charge in [-0.3, -0.25) is 4.98 Å². The molecule has 5 rings (SSSR count). The minimum atomic E-state index is -0.228. The van der Waals surface area contributed by atoms with Crippen LogP contribution in [0.3, 0.4) is 0 Å². The van der Waals surface area contributed by atoms with Crippen LogP contribution in [0.5, 0.6) is 0 Å². The number of piperazine rings is 1. The summed E-state index contributed by atoms with van der Waals surface area (Å²) >= 11 is 1.61. The van der Waals surface area contributed by atoms with Crippen molar-refractivity contribution >= 4 is 34.8 Å². The lowest BCUT2D eigenvalue weighted by molar-refractivity contribution is -0.104. The van der Waals surface area contributed by atoms with Gasteiger partial charge in [0.15, 0.2) is 6.10 Å². The molecule has 1 aliphatic carbocycles. The summed E-state index contributed by atoms with van der Waals surface area (Å²) in [6.07, 6.45) is 4.61. The van der Waals surface area contributed by atoms with Gasteiger partial charge in [-0.15, -0.1) is 11.3 Å². The Balaban J connectivity index is 1.28. The third-order valence-corrected chi connectivity index (χ3v) is 5.83. The van der Waals surface area contributed by atoms with E-state index in [0.717, 1.165) is 30.9 Å². The molecule has 27 heavy (non-hydrogen) atoms. The minimum absolute atomic E-state index is 0.0757. The van der Waals surface area contributed by atoms with Crippen molar-refractivity contribution in [3.63, 3.8) is 0 Å². The summed E-state index contributed by atoms with van der Waals surface area (Å²) in [5.74, 6) is 0. The second kappa shape index (κ2) is 6.94. The van der Waals surface area contributed by atoms with E-state index in [1.54, 1.807) is 16.2 Å². The number of ether oxygens (including phenoxy) is 2. The zero-order chi connectivity index (χ0) is 18.2. The van der Waals surface area contributed by atoms with Crippen molar-refractivity contribution in [3.05, 3.63) is 40.1 Å². The molecule has 0 aromatic carbocycles. The van der Waals surface area contributed by atoms with Crippen LogP contribution in [-0.2, 0) is 15.9 Å². The molecule has 3 aliphatic rings. The Hall–Kier alpha value is -2.45. The minimum Gasteiger partial charge on any atom is -0.441 e. The number of amides is 1. The van der Waals surface area contributed by atoms with E-state index in [0.29, 0.717) is 26.3 Å². The van der Waals surface area contributed by atoms with E-state index in [-0.39, 0.29) is 12.2 Å². The number of hydrogen-bond donors (Lipinski definition) is 0. The van der Waals surface area contributed by atoms with Crippen molar-refractivity contribution in [3.8, 4) is 0 Å². The fraction of sp³-hybridized carbons (Fsp3) is 0.421. The molecule has 140 valence electrons. The molecule has 0 atom stereocenters. The topological polar surface area (TPSA) is 67.8 Å². The molecule has 0 saturated carbocycles. The molecule has 0 bridgehead atoms. The van der Waals surface area contributed by atoms with E-state index in [4.69, 9.17) is 9.47 Å². The van der Waals surface area contributed by atoms with E-state index in [9.17, 15) is 4.79 Å². The van der Waals surface area contributed by atoms with E-state index >= 15 is 0 Å². The lowest BCUT2D eigenvalue weighted by Gasteiger charge is -2.37. The molecule has 2 aromatic rings. The highest BCUT2D eigenvalue weighted by Crippen LogP contribution is 2.36. The van der Waals surface area contributed by atoms with E-state index in [1.807, 2.05) is 11.7 Å². The summed E-state index contributed by atoms with van der Waals surface area (Å²) in [5, 5.41) is 2.08. The first-order valence-electron chi connectivity index (χ1n) is 9.13. The molecule has 8 heteroatoms. The second-order valence-electron chi connectivity index (χ2n) is 6.93. The number of thiazole rings is 1. The van der Waals surface area contributed by atoms with Crippen LogP contribution in [0.1, 0.15) is 17.0 Å². The highest BCUT2D eigenvalue weighted by Gasteiger charge is 2.29. The van der Waals surface area contributed by atoms with Crippen LogP contribution >= 0.6 is 11.3 Å². The van der Waals surface area contributed by atoms with Crippen LogP contribution in [0, 0.1) is 0 Å². The Morgan fingerprint density at radius 2 is 2.07 bits per heavy atom. The second-order valence-corrected chi connectivity index (χ2v) is 7.65. The molecular formula is C19H20N4O3S. The summed E-state index contributed by atoms with van der Waals surface area (Å²) in [4.78, 5) is 25.3. The van der Waals surface area contributed by atoms with Gasteiger partial charge in [0.2, 0.25) is 0 Å². The van der Waals surface area contributed by atoms with Crippen molar-refractivity contribution in [2.75, 3.05) is 44.3 Å². The maximum absolute atomic E-state index is 12.2. The van der Waals surface area contributed by atoms with Crippen LogP contribution in [0.4, 0.5) is 10.5 Å². The third kappa shape index (κ3) is 3.19. The van der Waals surface area contributed by atoms with Gasteiger partial charge in [-0.05, 0) is 17.7 Å². The van der Waals surface area contributed by atoms with Crippen LogP contribution < -0.4 is 4.90 Å². The van der Waals surface area contributed by atoms with Gasteiger partial charge in [0.05, 0.1) is 30.1 Å². The Labute approximate surface area is 161 Å². The van der Waals surface area contributed by atoms with E-state index in [1.165, 1.54) is 16.8 Å². The molecule has 0 unspecified atom stereocenters. The van der Waals surface area contributed by atoms with Gasteiger partial charge in [0, 0.05) is 55.4 Å². The summed E-state index contributed by atoms with van der Waals surface area (Å²) < 4.78 is 10.5. The van der Waals surface area contributed by atoms with Crippen LogP contribution in [0.2, 0.25) is 0 Å². The predicted octanol–water partition coefficient (Wildman–Crippen LogP) is 2.29. The Morgan fingerprint density at radius 1 is 1.22 bits per heavy atom. The van der Waals surface area contributed by atoms with Crippen molar-refractivity contribution < 1.29 is 14.3 Å². The maximum Gasteiger partial charge on any atom is 0.410 e. The number of anilines is 1. The molecule has 2 aromatic heterocycles. The average molecular weight is 384 g/mol. The average Bonchev–Trinajstić information content (AvgIpc) is 3.33. The number of pyridine rings is 1. The van der Waals surface area contributed by atoms with Gasteiger partial charge in [0.25, 0.3) is 0 Å². The summed E-state index contributed by atoms with van der Waals surface area (Å²) in [5.41, 5.74) is 7.59. The number of carbonyl (C=O) groups is 1.